The van der Waals surface area contributed by atoms with Crippen molar-refractivity contribution in [2.24, 2.45) is 23.7 Å². The fourth-order valence-corrected chi connectivity index (χ4v) is 12.1. The Balaban J connectivity index is 1.19. The fraction of sp³-hybridized carbons (Fsp3) is 0.619. The second kappa shape index (κ2) is 14.8. The largest absolute Gasteiger partial charge is 0.490 e. The number of halogens is 1. The highest BCUT2D eigenvalue weighted by Gasteiger charge is 2.50. The molecule has 2 saturated heterocycles. The number of hydrogen-bond donors (Lipinski definition) is 1. The number of amides is 1. The van der Waals surface area contributed by atoms with Gasteiger partial charge in [0.2, 0.25) is 0 Å². The van der Waals surface area contributed by atoms with Crippen molar-refractivity contribution in [3.05, 3.63) is 70.3 Å². The molecule has 2 bridgehead atoms. The fourth-order valence-electron chi connectivity index (χ4n) is 10.2. The molecule has 2 aliphatic carbocycles. The Bertz CT molecular complexity index is 1840. The maximum Gasteiger partial charge on any atom is 0.262 e. The van der Waals surface area contributed by atoms with Crippen molar-refractivity contribution in [1.82, 2.24) is 14.5 Å². The van der Waals surface area contributed by atoms with Gasteiger partial charge in [-0.25, -0.2) is 4.21 Å². The highest BCUT2D eigenvalue weighted by Crippen LogP contribution is 2.49. The molecule has 1 amide bonds. The van der Waals surface area contributed by atoms with E-state index in [0.29, 0.717) is 30.0 Å². The molecule has 2 aromatic rings. The minimum Gasteiger partial charge on any atom is -0.490 e. The van der Waals surface area contributed by atoms with Gasteiger partial charge in [0.15, 0.2) is 0 Å². The molecule has 1 unspecified atom stereocenters. The molecular formula is C42H57ClN4O5S. The quantitative estimate of drug-likeness (QED) is 0.327. The molecule has 1 spiro atoms. The summed E-state index contributed by atoms with van der Waals surface area (Å²) in [6.45, 7) is 12.9. The third kappa shape index (κ3) is 7.41. The first kappa shape index (κ1) is 37.3. The van der Waals surface area contributed by atoms with Crippen molar-refractivity contribution in [2.45, 2.75) is 63.0 Å². The van der Waals surface area contributed by atoms with E-state index >= 15 is 0 Å². The SMILES string of the molecule is C=S1(=O)C[C@@H](C)[C@@H](C)/C=C/[C@@](CN2CCN3CCOC[C@@H]3C2)(OC)[C@@H]2CC[C@H]2CN2C[C@@]3(CCCc4cc(Cl)ccc43)COc3ccc(cc32)C(=O)N1. The van der Waals surface area contributed by atoms with Crippen LogP contribution >= 0.6 is 11.6 Å². The maximum absolute atomic E-state index is 13.9. The zero-order valence-corrected chi connectivity index (χ0v) is 33.3. The van der Waals surface area contributed by atoms with Crippen molar-refractivity contribution >= 4 is 38.8 Å². The summed E-state index contributed by atoms with van der Waals surface area (Å²) >= 11 is 6.53. The number of ether oxygens (including phenoxy) is 3. The first-order valence-electron chi connectivity index (χ1n) is 19.7. The average molecular weight is 765 g/mol. The van der Waals surface area contributed by atoms with Crippen LogP contribution in [-0.2, 0) is 31.0 Å². The van der Waals surface area contributed by atoms with E-state index in [1.807, 2.05) is 25.3 Å². The van der Waals surface area contributed by atoms with Gasteiger partial charge in [-0.05, 0) is 103 Å². The van der Waals surface area contributed by atoms with Gasteiger partial charge < -0.3 is 19.1 Å². The molecule has 11 heteroatoms. The van der Waals surface area contributed by atoms with Gasteiger partial charge in [-0.3, -0.25) is 19.3 Å². The minimum absolute atomic E-state index is 0.0273. The molecule has 6 aliphatic rings. The number of carbonyl (C=O) groups is 1. The smallest absolute Gasteiger partial charge is 0.262 e. The summed E-state index contributed by atoms with van der Waals surface area (Å²) in [5, 5.41) is 0.767. The number of piperazine rings is 1. The van der Waals surface area contributed by atoms with E-state index in [9.17, 15) is 9.00 Å². The van der Waals surface area contributed by atoms with Crippen LogP contribution in [0.25, 0.3) is 0 Å². The normalized spacial score (nSPS) is 37.2. The van der Waals surface area contributed by atoms with E-state index in [4.69, 9.17) is 25.8 Å². The van der Waals surface area contributed by atoms with Gasteiger partial charge in [0, 0.05) is 90.4 Å². The van der Waals surface area contributed by atoms with Gasteiger partial charge in [0.05, 0.1) is 25.5 Å². The number of nitrogens with zero attached hydrogens (tertiary/aromatic N) is 3. The summed E-state index contributed by atoms with van der Waals surface area (Å²) in [6, 6.07) is 12.4. The summed E-state index contributed by atoms with van der Waals surface area (Å²) in [5.74, 6) is 5.53. The summed E-state index contributed by atoms with van der Waals surface area (Å²) in [7, 11) is -1.02. The predicted molar refractivity (Wildman–Crippen MR) is 214 cm³/mol. The van der Waals surface area contributed by atoms with E-state index in [-0.39, 0.29) is 28.9 Å². The van der Waals surface area contributed by atoms with Crippen LogP contribution in [-0.4, -0.2) is 116 Å². The number of morpholine rings is 1. The maximum atomic E-state index is 13.9. The number of anilines is 1. The van der Waals surface area contributed by atoms with E-state index < -0.39 is 15.3 Å². The number of carbonyl (C=O) groups excluding carboxylic acids is 1. The summed E-state index contributed by atoms with van der Waals surface area (Å²) in [5.41, 5.74) is 3.27. The second-order valence-electron chi connectivity index (χ2n) is 17.0. The lowest BCUT2D eigenvalue weighted by Crippen LogP contribution is -2.62. The first-order valence-corrected chi connectivity index (χ1v) is 22.0. The summed E-state index contributed by atoms with van der Waals surface area (Å²) in [4.78, 5) is 21.4. The van der Waals surface area contributed by atoms with E-state index in [0.717, 1.165) is 108 Å². The number of allylic oxidation sites excluding steroid dienone is 1. The van der Waals surface area contributed by atoms with Crippen LogP contribution < -0.4 is 14.4 Å². The van der Waals surface area contributed by atoms with E-state index in [1.54, 1.807) is 6.07 Å². The Morgan fingerprint density at radius 1 is 1.11 bits per heavy atom. The number of aryl methyl sites for hydroxylation is 1. The third-order valence-electron chi connectivity index (χ3n) is 13.6. The van der Waals surface area contributed by atoms with Crippen LogP contribution in [0.2, 0.25) is 5.02 Å². The number of hydrogen-bond acceptors (Lipinski definition) is 8. The predicted octanol–water partition coefficient (Wildman–Crippen LogP) is 5.44. The zero-order chi connectivity index (χ0) is 37.0. The minimum atomic E-state index is -2.91. The number of rotatable bonds is 3. The number of methoxy groups -OCH3 is 1. The van der Waals surface area contributed by atoms with Crippen molar-refractivity contribution in [2.75, 3.05) is 83.4 Å². The molecule has 1 saturated carbocycles. The van der Waals surface area contributed by atoms with Gasteiger partial charge in [-0.2, -0.15) is 0 Å². The Hall–Kier alpha value is -2.60. The van der Waals surface area contributed by atoms with Gasteiger partial charge in [0.25, 0.3) is 5.91 Å². The first-order chi connectivity index (χ1) is 25.5. The second-order valence-corrected chi connectivity index (χ2v) is 19.6. The van der Waals surface area contributed by atoms with Crippen molar-refractivity contribution < 1.29 is 23.2 Å². The van der Waals surface area contributed by atoms with Gasteiger partial charge >= 0.3 is 0 Å². The highest BCUT2D eigenvalue weighted by molar-refractivity contribution is 7.99. The Kier molecular flexibility index (Phi) is 10.4. The molecule has 2 aromatic carbocycles. The molecule has 8 atom stereocenters. The molecule has 3 fully saturated rings. The zero-order valence-electron chi connectivity index (χ0n) is 31.7. The molecular weight excluding hydrogens is 708 g/mol. The van der Waals surface area contributed by atoms with E-state index in [2.05, 4.69) is 63.4 Å². The Morgan fingerprint density at radius 3 is 2.79 bits per heavy atom. The highest BCUT2D eigenvalue weighted by atomic mass is 35.5. The van der Waals surface area contributed by atoms with Crippen LogP contribution in [0.3, 0.4) is 0 Å². The van der Waals surface area contributed by atoms with Crippen LogP contribution in [0.1, 0.15) is 61.0 Å². The molecule has 53 heavy (non-hydrogen) atoms. The Morgan fingerprint density at radius 2 is 1.98 bits per heavy atom. The van der Waals surface area contributed by atoms with Crippen molar-refractivity contribution in [3.63, 3.8) is 0 Å². The average Bonchev–Trinajstić information content (AvgIpc) is 3.27. The van der Waals surface area contributed by atoms with Gasteiger partial charge in [-0.1, -0.05) is 43.7 Å². The number of benzene rings is 2. The van der Waals surface area contributed by atoms with Crippen molar-refractivity contribution in [3.8, 4) is 5.75 Å². The Labute approximate surface area is 321 Å². The molecule has 288 valence electrons. The molecule has 4 aliphatic heterocycles. The summed E-state index contributed by atoms with van der Waals surface area (Å²) in [6.07, 6.45) is 9.90. The lowest BCUT2D eigenvalue weighted by molar-refractivity contribution is -0.108. The van der Waals surface area contributed by atoms with Gasteiger partial charge in [0.1, 0.15) is 11.4 Å². The summed E-state index contributed by atoms with van der Waals surface area (Å²) < 4.78 is 36.2. The van der Waals surface area contributed by atoms with Gasteiger partial charge in [-0.15, -0.1) is 0 Å². The molecule has 0 radical (unpaired) electrons. The topological polar surface area (TPSA) is 83.6 Å². The molecule has 4 heterocycles. The van der Waals surface area contributed by atoms with Crippen LogP contribution in [0.5, 0.6) is 5.75 Å². The van der Waals surface area contributed by atoms with Crippen LogP contribution in [0.15, 0.2) is 48.6 Å². The van der Waals surface area contributed by atoms with Crippen LogP contribution in [0, 0.1) is 23.7 Å². The molecule has 8 rings (SSSR count). The lowest BCUT2D eigenvalue weighted by Gasteiger charge is -2.53. The third-order valence-corrected chi connectivity index (χ3v) is 15.4. The monoisotopic (exact) mass is 764 g/mol. The molecule has 0 aromatic heterocycles. The van der Waals surface area contributed by atoms with Crippen LogP contribution in [0.4, 0.5) is 5.69 Å². The van der Waals surface area contributed by atoms with E-state index in [1.165, 1.54) is 11.1 Å². The van der Waals surface area contributed by atoms with Crippen molar-refractivity contribution in [1.29, 1.82) is 0 Å². The lowest BCUT2D eigenvalue weighted by atomic mass is 9.63. The number of fused-ring (bicyclic) bond motifs is 5. The standard InChI is InChI=1S/C42H57ClN4O5S/c1-29-13-15-42(50-3,27-45-16-17-46-18-19-51-24-35(46)23-45)37-10-7-33(37)22-47-26-41(14-5-6-31-20-34(43)9-11-36(31)41)28-52-39-12-8-32(21-38(39)47)40(48)44-53(4,49)25-30(29)2/h8-9,11-13,15,20-21,29-30,33,35,37H,4-7,10,14,16-19,22-28H2,1-3H3,(H,44,48,49)/b15-13+/t29-,30+,33-,35-,37+,41-,42-,53?/m0/s1. The molecule has 1 N–H and O–H groups in total. The molecule has 9 nitrogen and oxygen atoms in total. The number of nitrogens with one attached hydrogen (secondary N) is 1.